The lowest BCUT2D eigenvalue weighted by atomic mass is 9.82. The van der Waals surface area contributed by atoms with Crippen LogP contribution in [0, 0.1) is 0 Å². The molecule has 2 heteroatoms. The Balaban J connectivity index is 1.12. The molecule has 1 aliphatic carbocycles. The molecule has 10 aromatic rings. The van der Waals surface area contributed by atoms with Crippen LogP contribution in [0.25, 0.3) is 88.4 Å². The summed E-state index contributed by atoms with van der Waals surface area (Å²) in [5.41, 5.74) is 17.5. The lowest BCUT2D eigenvalue weighted by molar-refractivity contribution is 0.660. The van der Waals surface area contributed by atoms with E-state index in [-0.39, 0.29) is 5.41 Å². The summed E-state index contributed by atoms with van der Waals surface area (Å²) >= 11 is 0. The van der Waals surface area contributed by atoms with E-state index in [1.165, 1.54) is 93.8 Å². The minimum atomic E-state index is -0.0823. The minimum absolute atomic E-state index is 0.0823. The van der Waals surface area contributed by atoms with Gasteiger partial charge in [0.15, 0.2) is 0 Å². The number of hydrogen-bond donors (Lipinski definition) is 0. The predicted molar refractivity (Wildman–Crippen MR) is 224 cm³/mol. The molecule has 0 spiro atoms. The first-order chi connectivity index (χ1) is 26.1. The van der Waals surface area contributed by atoms with E-state index in [1.54, 1.807) is 0 Å². The fourth-order valence-electron chi connectivity index (χ4n) is 9.20. The van der Waals surface area contributed by atoms with Crippen molar-refractivity contribution in [2.24, 2.45) is 0 Å². The van der Waals surface area contributed by atoms with Gasteiger partial charge in [0, 0.05) is 38.3 Å². The van der Waals surface area contributed by atoms with Crippen molar-refractivity contribution >= 4 is 43.6 Å². The fourth-order valence-corrected chi connectivity index (χ4v) is 9.20. The second-order valence-electron chi connectivity index (χ2n) is 15.0. The van der Waals surface area contributed by atoms with Gasteiger partial charge in [0.2, 0.25) is 0 Å². The van der Waals surface area contributed by atoms with Gasteiger partial charge in [0.25, 0.3) is 0 Å². The minimum Gasteiger partial charge on any atom is -0.309 e. The Morgan fingerprint density at radius 2 is 0.962 bits per heavy atom. The third-order valence-corrected chi connectivity index (χ3v) is 11.7. The van der Waals surface area contributed by atoms with E-state index < -0.39 is 0 Å². The summed E-state index contributed by atoms with van der Waals surface area (Å²) in [7, 11) is 0. The van der Waals surface area contributed by atoms with Crippen LogP contribution in [0.15, 0.2) is 182 Å². The third kappa shape index (κ3) is 4.33. The standard InChI is InChI=1S/C51H36N2/c1-51(2)44-20-9-6-17-39(44)40-28-27-38(32-45(40)51)53-46-21-10-7-18-41(46)42-29-30-48-49(50(42)53)43-19-8-11-22-47(43)52(48)37-25-23-34(24-26-37)36-16-12-15-35(31-36)33-13-4-3-5-14-33/h3-32H,1-2H3. The number of rotatable bonds is 4. The Kier molecular flexibility index (Phi) is 6.33. The van der Waals surface area contributed by atoms with E-state index in [2.05, 4.69) is 205 Å². The van der Waals surface area contributed by atoms with Crippen molar-refractivity contribution in [1.29, 1.82) is 0 Å². The molecule has 2 nitrogen and oxygen atoms in total. The van der Waals surface area contributed by atoms with Gasteiger partial charge < -0.3 is 9.13 Å². The van der Waals surface area contributed by atoms with Crippen LogP contribution in [-0.2, 0) is 5.41 Å². The van der Waals surface area contributed by atoms with E-state index in [0.717, 1.165) is 5.69 Å². The summed E-state index contributed by atoms with van der Waals surface area (Å²) in [6.07, 6.45) is 0. The Morgan fingerprint density at radius 1 is 0.358 bits per heavy atom. The second kappa shape index (κ2) is 11.2. The molecule has 0 amide bonds. The van der Waals surface area contributed by atoms with Crippen molar-refractivity contribution in [3.05, 3.63) is 193 Å². The number of hydrogen-bond acceptors (Lipinski definition) is 0. The van der Waals surface area contributed by atoms with Crippen LogP contribution in [0.3, 0.4) is 0 Å². The van der Waals surface area contributed by atoms with Gasteiger partial charge in [-0.05, 0) is 93.0 Å². The molecule has 0 atom stereocenters. The molecule has 1 aliphatic rings. The zero-order valence-electron chi connectivity index (χ0n) is 29.7. The van der Waals surface area contributed by atoms with Crippen LogP contribution in [0.1, 0.15) is 25.0 Å². The van der Waals surface area contributed by atoms with Crippen LogP contribution in [0.4, 0.5) is 0 Å². The molecule has 8 aromatic carbocycles. The highest BCUT2D eigenvalue weighted by Gasteiger charge is 2.35. The molecule has 11 rings (SSSR count). The van der Waals surface area contributed by atoms with Gasteiger partial charge in [0.05, 0.1) is 22.1 Å². The summed E-state index contributed by atoms with van der Waals surface area (Å²) in [5.74, 6) is 0. The molecule has 0 radical (unpaired) electrons. The van der Waals surface area contributed by atoms with E-state index in [9.17, 15) is 0 Å². The zero-order chi connectivity index (χ0) is 35.3. The maximum atomic E-state index is 2.52. The van der Waals surface area contributed by atoms with E-state index >= 15 is 0 Å². The molecule has 0 saturated heterocycles. The Bertz CT molecular complexity index is 3060. The summed E-state index contributed by atoms with van der Waals surface area (Å²) in [6, 6.07) is 67.0. The molecule has 0 fully saturated rings. The summed E-state index contributed by atoms with van der Waals surface area (Å²) in [6.45, 7) is 4.73. The second-order valence-corrected chi connectivity index (χ2v) is 15.0. The number of para-hydroxylation sites is 2. The smallest absolute Gasteiger partial charge is 0.0641 e. The quantitative estimate of drug-likeness (QED) is 0.176. The Hall–Kier alpha value is -6.64. The van der Waals surface area contributed by atoms with Gasteiger partial charge >= 0.3 is 0 Å². The molecule has 2 aromatic heterocycles. The lowest BCUT2D eigenvalue weighted by Gasteiger charge is -2.22. The molecular formula is C51H36N2. The topological polar surface area (TPSA) is 9.86 Å². The average molecular weight is 677 g/mol. The van der Waals surface area contributed by atoms with Crippen molar-refractivity contribution in [1.82, 2.24) is 9.13 Å². The summed E-state index contributed by atoms with van der Waals surface area (Å²) in [5, 5.41) is 5.07. The largest absolute Gasteiger partial charge is 0.309 e. The molecule has 0 bridgehead atoms. The monoisotopic (exact) mass is 676 g/mol. The van der Waals surface area contributed by atoms with E-state index in [4.69, 9.17) is 0 Å². The highest BCUT2D eigenvalue weighted by atomic mass is 15.0. The molecule has 2 heterocycles. The molecule has 0 unspecified atom stereocenters. The van der Waals surface area contributed by atoms with Crippen LogP contribution in [-0.4, -0.2) is 9.13 Å². The maximum Gasteiger partial charge on any atom is 0.0641 e. The third-order valence-electron chi connectivity index (χ3n) is 11.7. The van der Waals surface area contributed by atoms with Gasteiger partial charge in [-0.3, -0.25) is 0 Å². The van der Waals surface area contributed by atoms with E-state index in [1.807, 2.05) is 0 Å². The SMILES string of the molecule is CC1(C)c2ccccc2-c2ccc(-n3c4ccccc4c4ccc5c(c6ccccc6n5-c5ccc(-c6cccc(-c7ccccc7)c6)cc5)c43)cc21. The molecule has 250 valence electrons. The average Bonchev–Trinajstić information content (AvgIpc) is 3.81. The fraction of sp³-hybridized carbons (Fsp3) is 0.0588. The molecular weight excluding hydrogens is 641 g/mol. The van der Waals surface area contributed by atoms with Crippen LogP contribution >= 0.6 is 0 Å². The number of fused-ring (bicyclic) bond motifs is 10. The highest BCUT2D eigenvalue weighted by Crippen LogP contribution is 2.50. The maximum absolute atomic E-state index is 2.52. The lowest BCUT2D eigenvalue weighted by Crippen LogP contribution is -2.15. The van der Waals surface area contributed by atoms with Gasteiger partial charge in [-0.25, -0.2) is 0 Å². The molecule has 0 saturated carbocycles. The predicted octanol–water partition coefficient (Wildman–Crippen LogP) is 13.5. The number of nitrogens with zero attached hydrogens (tertiary/aromatic N) is 2. The number of benzene rings is 8. The van der Waals surface area contributed by atoms with Crippen molar-refractivity contribution in [2.45, 2.75) is 19.3 Å². The summed E-state index contributed by atoms with van der Waals surface area (Å²) < 4.78 is 4.96. The molecule has 0 N–H and O–H groups in total. The van der Waals surface area contributed by atoms with Gasteiger partial charge in [-0.2, -0.15) is 0 Å². The van der Waals surface area contributed by atoms with Gasteiger partial charge in [0.1, 0.15) is 0 Å². The Labute approximate surface area is 308 Å². The van der Waals surface area contributed by atoms with E-state index in [0.29, 0.717) is 0 Å². The van der Waals surface area contributed by atoms with Gasteiger partial charge in [-0.1, -0.05) is 147 Å². The van der Waals surface area contributed by atoms with Crippen molar-refractivity contribution in [2.75, 3.05) is 0 Å². The van der Waals surface area contributed by atoms with Crippen LogP contribution in [0.5, 0.6) is 0 Å². The normalized spacial score (nSPS) is 13.2. The molecule has 0 aliphatic heterocycles. The van der Waals surface area contributed by atoms with Crippen LogP contribution in [0.2, 0.25) is 0 Å². The van der Waals surface area contributed by atoms with Crippen molar-refractivity contribution in [3.63, 3.8) is 0 Å². The van der Waals surface area contributed by atoms with Crippen molar-refractivity contribution < 1.29 is 0 Å². The summed E-state index contributed by atoms with van der Waals surface area (Å²) in [4.78, 5) is 0. The first-order valence-corrected chi connectivity index (χ1v) is 18.5. The van der Waals surface area contributed by atoms with Gasteiger partial charge in [-0.15, -0.1) is 0 Å². The first-order valence-electron chi connectivity index (χ1n) is 18.5. The van der Waals surface area contributed by atoms with Crippen molar-refractivity contribution in [3.8, 4) is 44.8 Å². The zero-order valence-corrected chi connectivity index (χ0v) is 29.7. The van der Waals surface area contributed by atoms with Crippen LogP contribution < -0.4 is 0 Å². The molecule has 53 heavy (non-hydrogen) atoms. The Morgan fingerprint density at radius 3 is 1.75 bits per heavy atom. The first kappa shape index (κ1) is 30.0. The highest BCUT2D eigenvalue weighted by molar-refractivity contribution is 6.26. The number of aromatic nitrogens is 2.